The fourth-order valence-electron chi connectivity index (χ4n) is 0.862. The molecule has 1 unspecified atom stereocenters. The second-order valence-corrected chi connectivity index (χ2v) is 2.74. The summed E-state index contributed by atoms with van der Waals surface area (Å²) in [4.78, 5) is 0. The molecule has 1 heterocycles. The highest BCUT2D eigenvalue weighted by Crippen LogP contribution is 2.36. The highest BCUT2D eigenvalue weighted by molar-refractivity contribution is 6.53. The maximum atomic E-state index is 12.1. The van der Waals surface area contributed by atoms with Crippen LogP contribution >= 0.6 is 0 Å². The number of aliphatic hydroxyl groups is 1. The lowest BCUT2D eigenvalue weighted by Crippen LogP contribution is -2.44. The second-order valence-electron chi connectivity index (χ2n) is 2.74. The van der Waals surface area contributed by atoms with Crippen LogP contribution in [0.1, 0.15) is 6.92 Å². The van der Waals surface area contributed by atoms with Gasteiger partial charge in [0.25, 0.3) is 0 Å². The lowest BCUT2D eigenvalue weighted by molar-refractivity contribution is -0.234. The second kappa shape index (κ2) is 2.66. The molecule has 1 N–H and O–H groups in total. The topological polar surface area (TPSA) is 20.2 Å². The lowest BCUT2D eigenvalue weighted by atomic mass is 9.65. The van der Waals surface area contributed by atoms with E-state index >= 15 is 0 Å². The van der Waals surface area contributed by atoms with E-state index in [9.17, 15) is 13.2 Å². The Kier molecular flexibility index (Phi) is 2.08. The van der Waals surface area contributed by atoms with E-state index in [1.807, 2.05) is 0 Å². The maximum Gasteiger partial charge on any atom is 0.420 e. The van der Waals surface area contributed by atoms with Crippen molar-refractivity contribution in [3.63, 3.8) is 0 Å². The Morgan fingerprint density at radius 2 is 2.00 bits per heavy atom. The van der Waals surface area contributed by atoms with Crippen LogP contribution in [0.3, 0.4) is 0 Å². The number of alkyl halides is 3. The third-order valence-electron chi connectivity index (χ3n) is 1.78. The largest absolute Gasteiger partial charge is 0.420 e. The molecular formula is C7H7BF3O. The molecule has 1 atom stereocenters. The predicted molar refractivity (Wildman–Crippen MR) is 39.7 cm³/mol. The summed E-state index contributed by atoms with van der Waals surface area (Å²) >= 11 is 0. The molecule has 12 heavy (non-hydrogen) atoms. The highest BCUT2D eigenvalue weighted by Gasteiger charge is 2.51. The molecule has 0 bridgehead atoms. The Labute approximate surface area is 68.8 Å². The van der Waals surface area contributed by atoms with Gasteiger partial charge in [-0.3, -0.25) is 0 Å². The van der Waals surface area contributed by atoms with Crippen molar-refractivity contribution in [1.82, 2.24) is 0 Å². The van der Waals surface area contributed by atoms with Crippen LogP contribution in [-0.4, -0.2) is 24.2 Å². The Morgan fingerprint density at radius 1 is 1.42 bits per heavy atom. The first kappa shape index (κ1) is 9.38. The van der Waals surface area contributed by atoms with Crippen LogP contribution in [0.2, 0.25) is 0 Å². The molecule has 1 rings (SSSR count). The molecule has 0 saturated carbocycles. The summed E-state index contributed by atoms with van der Waals surface area (Å²) in [5.41, 5.74) is -2.87. The Hall–Kier alpha value is -0.705. The van der Waals surface area contributed by atoms with E-state index < -0.39 is 11.8 Å². The summed E-state index contributed by atoms with van der Waals surface area (Å²) in [6, 6.07) is 0. The van der Waals surface area contributed by atoms with Crippen molar-refractivity contribution < 1.29 is 18.3 Å². The summed E-state index contributed by atoms with van der Waals surface area (Å²) in [6.45, 7) is 0.738. The molecule has 65 valence electrons. The third-order valence-corrected chi connectivity index (χ3v) is 1.78. The summed E-state index contributed by atoms with van der Waals surface area (Å²) in [7, 11) is 1.24. The van der Waals surface area contributed by atoms with Crippen LogP contribution < -0.4 is 0 Å². The minimum Gasteiger partial charge on any atom is -0.377 e. The lowest BCUT2D eigenvalue weighted by Gasteiger charge is -2.27. The van der Waals surface area contributed by atoms with Gasteiger partial charge < -0.3 is 5.11 Å². The normalized spacial score (nSPS) is 21.6. The molecule has 1 radical (unpaired) electrons. The van der Waals surface area contributed by atoms with Gasteiger partial charge in [0.05, 0.1) is 0 Å². The van der Waals surface area contributed by atoms with Gasteiger partial charge in [-0.15, -0.1) is 5.98 Å². The Morgan fingerprint density at radius 3 is 2.33 bits per heavy atom. The zero-order valence-corrected chi connectivity index (χ0v) is 6.39. The van der Waals surface area contributed by atoms with E-state index in [-0.39, 0.29) is 5.47 Å². The summed E-state index contributed by atoms with van der Waals surface area (Å²) in [6.07, 6.45) is -1.93. The number of hydrogen-bond donors (Lipinski definition) is 1. The molecule has 0 saturated heterocycles. The van der Waals surface area contributed by atoms with Gasteiger partial charge in [-0.25, -0.2) is 0 Å². The van der Waals surface area contributed by atoms with Crippen LogP contribution in [0, 0.1) is 0 Å². The van der Waals surface area contributed by atoms with Crippen molar-refractivity contribution in [3.8, 4) is 0 Å². The summed E-state index contributed by atoms with van der Waals surface area (Å²) in [5, 5.41) is 9.09. The number of rotatable bonds is 1. The monoisotopic (exact) mass is 175 g/mol. The molecule has 1 aliphatic heterocycles. The zero-order chi connectivity index (χ0) is 9.41. The average Bonchev–Trinajstić information content (AvgIpc) is 2.34. The minimum atomic E-state index is -4.62. The summed E-state index contributed by atoms with van der Waals surface area (Å²) < 4.78 is 36.4. The number of allylic oxidation sites excluding steroid dienone is 2. The molecular weight excluding hydrogens is 168 g/mol. The number of halogens is 3. The fourth-order valence-corrected chi connectivity index (χ4v) is 0.862. The molecule has 1 aliphatic rings. The van der Waals surface area contributed by atoms with Gasteiger partial charge in [0.2, 0.25) is 0 Å². The highest BCUT2D eigenvalue weighted by atomic mass is 19.4. The molecule has 0 amide bonds. The molecule has 0 aromatic heterocycles. The third kappa shape index (κ3) is 1.41. The van der Waals surface area contributed by atoms with E-state index in [1.165, 1.54) is 25.4 Å². The summed E-state index contributed by atoms with van der Waals surface area (Å²) in [5.74, 6) is 1.45. The van der Waals surface area contributed by atoms with E-state index in [0.29, 0.717) is 0 Å². The maximum absolute atomic E-state index is 12.1. The quantitative estimate of drug-likeness (QED) is 0.597. The van der Waals surface area contributed by atoms with Crippen LogP contribution in [0.5, 0.6) is 0 Å². The van der Waals surface area contributed by atoms with Crippen molar-refractivity contribution >= 4 is 7.28 Å². The first-order valence-electron chi connectivity index (χ1n) is 3.37. The zero-order valence-electron chi connectivity index (χ0n) is 6.39. The van der Waals surface area contributed by atoms with Gasteiger partial charge in [-0.2, -0.15) is 13.2 Å². The van der Waals surface area contributed by atoms with Gasteiger partial charge >= 0.3 is 6.18 Å². The SMILES string of the molecule is CC(O)(C1=CC=C[B]1)C(F)(F)F. The van der Waals surface area contributed by atoms with E-state index in [0.717, 1.165) is 6.92 Å². The van der Waals surface area contributed by atoms with Crippen LogP contribution in [0.25, 0.3) is 0 Å². The first-order chi connectivity index (χ1) is 5.36. The van der Waals surface area contributed by atoms with E-state index in [2.05, 4.69) is 0 Å². The van der Waals surface area contributed by atoms with Gasteiger partial charge in [0.1, 0.15) is 0 Å². The van der Waals surface area contributed by atoms with Crippen molar-refractivity contribution in [1.29, 1.82) is 0 Å². The average molecular weight is 175 g/mol. The Bertz CT molecular complexity index is 240. The van der Waals surface area contributed by atoms with Gasteiger partial charge in [-0.05, 0) is 6.92 Å². The van der Waals surface area contributed by atoms with Crippen LogP contribution in [-0.2, 0) is 0 Å². The van der Waals surface area contributed by atoms with Gasteiger partial charge in [-0.1, -0.05) is 17.6 Å². The van der Waals surface area contributed by atoms with Crippen molar-refractivity contribution in [2.24, 2.45) is 0 Å². The van der Waals surface area contributed by atoms with Crippen molar-refractivity contribution in [2.45, 2.75) is 18.7 Å². The van der Waals surface area contributed by atoms with E-state index in [4.69, 9.17) is 5.11 Å². The van der Waals surface area contributed by atoms with Gasteiger partial charge in [0.15, 0.2) is 12.9 Å². The molecule has 0 aliphatic carbocycles. The molecule has 1 nitrogen and oxygen atoms in total. The fraction of sp³-hybridized carbons (Fsp3) is 0.429. The van der Waals surface area contributed by atoms with Crippen LogP contribution in [0.4, 0.5) is 13.2 Å². The molecule has 0 aromatic rings. The standard InChI is InChI=1S/C7H7BF3O/c1-6(12,7(9,10)11)5-3-2-4-8-5/h2-4,12H,1H3. The van der Waals surface area contributed by atoms with E-state index in [1.54, 1.807) is 0 Å². The molecule has 0 fully saturated rings. The predicted octanol–water partition coefficient (Wildman–Crippen LogP) is 1.42. The molecule has 5 heteroatoms. The molecule has 0 aromatic carbocycles. The minimum absolute atomic E-state index is 0.130. The van der Waals surface area contributed by atoms with Crippen molar-refractivity contribution in [2.75, 3.05) is 0 Å². The Balaban J connectivity index is 2.86. The molecule has 0 spiro atoms. The first-order valence-corrected chi connectivity index (χ1v) is 3.37. The van der Waals surface area contributed by atoms with Gasteiger partial charge in [0, 0.05) is 0 Å². The number of hydrogen-bond acceptors (Lipinski definition) is 1. The van der Waals surface area contributed by atoms with Crippen molar-refractivity contribution in [3.05, 3.63) is 23.6 Å². The van der Waals surface area contributed by atoms with Crippen LogP contribution in [0.15, 0.2) is 23.6 Å². The smallest absolute Gasteiger partial charge is 0.377 e.